The lowest BCUT2D eigenvalue weighted by Crippen LogP contribution is -2.54. The van der Waals surface area contributed by atoms with Crippen molar-refractivity contribution in [1.29, 1.82) is 0 Å². The second-order valence-corrected chi connectivity index (χ2v) is 10.6. The number of hydrogen-bond donors (Lipinski definition) is 0. The predicted molar refractivity (Wildman–Crippen MR) is 132 cm³/mol. The molecule has 0 unspecified atom stereocenters. The Bertz CT molecular complexity index is 1210. The molecule has 0 spiro atoms. The Morgan fingerprint density at radius 1 is 1.18 bits per heavy atom. The molecule has 1 aliphatic heterocycles. The lowest BCUT2D eigenvalue weighted by molar-refractivity contribution is 0.0218. The second-order valence-electron chi connectivity index (χ2n) is 10.6. The van der Waals surface area contributed by atoms with E-state index in [-0.39, 0.29) is 18.0 Å². The van der Waals surface area contributed by atoms with Crippen molar-refractivity contribution in [1.82, 2.24) is 14.5 Å². The van der Waals surface area contributed by atoms with Gasteiger partial charge in [-0.05, 0) is 76.3 Å². The number of benzene rings is 1. The molecule has 1 aliphatic carbocycles. The Morgan fingerprint density at radius 3 is 2.62 bits per heavy atom. The van der Waals surface area contributed by atoms with E-state index in [1.807, 2.05) is 39.1 Å². The van der Waals surface area contributed by atoms with Crippen LogP contribution < -0.4 is 4.90 Å². The molecule has 2 aromatic heterocycles. The van der Waals surface area contributed by atoms with Crippen LogP contribution >= 0.6 is 0 Å². The van der Waals surface area contributed by atoms with Gasteiger partial charge in [-0.3, -0.25) is 0 Å². The molecular formula is C27H33FN4O2. The summed E-state index contributed by atoms with van der Waals surface area (Å²) < 4.78 is 21.7. The zero-order valence-corrected chi connectivity index (χ0v) is 20.4. The third-order valence-electron chi connectivity index (χ3n) is 6.91. The van der Waals surface area contributed by atoms with Gasteiger partial charge in [0.2, 0.25) is 0 Å². The zero-order valence-electron chi connectivity index (χ0n) is 20.4. The minimum Gasteiger partial charge on any atom is -0.444 e. The first kappa shape index (κ1) is 22.7. The first-order valence-corrected chi connectivity index (χ1v) is 12.2. The van der Waals surface area contributed by atoms with Crippen LogP contribution in [0.25, 0.3) is 16.6 Å². The molecule has 3 heterocycles. The van der Waals surface area contributed by atoms with Crippen LogP contribution in [0.1, 0.15) is 58.4 Å². The minimum atomic E-state index is -0.512. The Labute approximate surface area is 200 Å². The van der Waals surface area contributed by atoms with Crippen LogP contribution in [-0.2, 0) is 4.74 Å². The average molecular weight is 465 g/mol. The van der Waals surface area contributed by atoms with Crippen LogP contribution in [0.5, 0.6) is 0 Å². The van der Waals surface area contributed by atoms with E-state index in [0.29, 0.717) is 25.6 Å². The fourth-order valence-corrected chi connectivity index (χ4v) is 5.04. The van der Waals surface area contributed by atoms with Crippen LogP contribution in [0, 0.1) is 5.82 Å². The van der Waals surface area contributed by atoms with Crippen molar-refractivity contribution in [3.05, 3.63) is 54.1 Å². The quantitative estimate of drug-likeness (QED) is 0.486. The third-order valence-corrected chi connectivity index (χ3v) is 6.91. The van der Waals surface area contributed by atoms with Crippen molar-refractivity contribution in [3.63, 3.8) is 0 Å². The van der Waals surface area contributed by atoms with Gasteiger partial charge < -0.3 is 19.1 Å². The molecular weight excluding hydrogens is 431 g/mol. The predicted octanol–water partition coefficient (Wildman–Crippen LogP) is 5.88. The maximum atomic E-state index is 14.0. The van der Waals surface area contributed by atoms with Crippen molar-refractivity contribution in [2.75, 3.05) is 24.5 Å². The van der Waals surface area contributed by atoms with Gasteiger partial charge in [0.05, 0.1) is 5.52 Å². The summed E-state index contributed by atoms with van der Waals surface area (Å²) in [7, 11) is 0. The maximum Gasteiger partial charge on any atom is 0.410 e. The van der Waals surface area contributed by atoms with Crippen LogP contribution in [0.3, 0.4) is 0 Å². The average Bonchev–Trinajstić information content (AvgIpc) is 3.11. The highest BCUT2D eigenvalue weighted by Gasteiger charge is 2.33. The fourth-order valence-electron chi connectivity index (χ4n) is 5.04. The number of aromatic nitrogens is 2. The maximum absolute atomic E-state index is 14.0. The van der Waals surface area contributed by atoms with Gasteiger partial charge in [-0.2, -0.15) is 0 Å². The first-order valence-electron chi connectivity index (χ1n) is 12.2. The molecule has 2 aliphatic rings. The number of halogens is 1. The van der Waals surface area contributed by atoms with E-state index in [4.69, 9.17) is 9.72 Å². The fraction of sp³-hybridized carbons (Fsp3) is 0.481. The summed E-state index contributed by atoms with van der Waals surface area (Å²) in [6, 6.07) is 8.85. The molecule has 34 heavy (non-hydrogen) atoms. The molecule has 7 heteroatoms. The largest absolute Gasteiger partial charge is 0.444 e. The minimum absolute atomic E-state index is 0.0890. The SMILES string of the molecule is C[C@H]1CN(C(=O)OC(C)(C)C)CCN1c1nccc2c1c(C1CCC1)cn2-c1cccc(F)c1. The lowest BCUT2D eigenvalue weighted by Gasteiger charge is -2.41. The van der Waals surface area contributed by atoms with E-state index in [1.165, 1.54) is 30.9 Å². The van der Waals surface area contributed by atoms with E-state index in [2.05, 4.69) is 22.6 Å². The summed E-state index contributed by atoms with van der Waals surface area (Å²) in [5.74, 6) is 1.20. The number of anilines is 1. The molecule has 0 bridgehead atoms. The number of piperazine rings is 1. The summed E-state index contributed by atoms with van der Waals surface area (Å²) in [4.78, 5) is 21.6. The van der Waals surface area contributed by atoms with Crippen LogP contribution in [0.15, 0.2) is 42.7 Å². The number of rotatable bonds is 3. The molecule has 0 N–H and O–H groups in total. The molecule has 1 saturated carbocycles. The van der Waals surface area contributed by atoms with Crippen molar-refractivity contribution >= 4 is 22.8 Å². The molecule has 5 rings (SSSR count). The van der Waals surface area contributed by atoms with Crippen molar-refractivity contribution in [2.45, 2.75) is 64.5 Å². The molecule has 1 aromatic carbocycles. The summed E-state index contributed by atoms with van der Waals surface area (Å²) in [5, 5.41) is 1.15. The van der Waals surface area contributed by atoms with Gasteiger partial charge in [0.25, 0.3) is 0 Å². The molecule has 0 radical (unpaired) electrons. The Morgan fingerprint density at radius 2 is 1.97 bits per heavy atom. The van der Waals surface area contributed by atoms with Crippen LogP contribution in [0.2, 0.25) is 0 Å². The number of amides is 1. The van der Waals surface area contributed by atoms with E-state index >= 15 is 0 Å². The highest BCUT2D eigenvalue weighted by atomic mass is 19.1. The molecule has 1 atom stereocenters. The van der Waals surface area contributed by atoms with Gasteiger partial charge in [-0.15, -0.1) is 0 Å². The van der Waals surface area contributed by atoms with Gasteiger partial charge >= 0.3 is 6.09 Å². The summed E-state index contributed by atoms with van der Waals surface area (Å²) in [6.07, 6.45) is 7.31. The molecule has 6 nitrogen and oxygen atoms in total. The van der Waals surface area contributed by atoms with Gasteiger partial charge in [0.1, 0.15) is 17.2 Å². The number of fused-ring (bicyclic) bond motifs is 1. The Hall–Kier alpha value is -3.09. The smallest absolute Gasteiger partial charge is 0.410 e. The number of carbonyl (C=O) groups excluding carboxylic acids is 1. The van der Waals surface area contributed by atoms with Gasteiger partial charge in [0, 0.05) is 49.1 Å². The summed E-state index contributed by atoms with van der Waals surface area (Å²) in [5.41, 5.74) is 2.63. The normalized spacial score (nSPS) is 19.4. The standard InChI is InChI=1S/C27H33FN4O2/c1-18-16-30(26(33)34-27(2,3)4)13-14-31(18)25-24-22(19-7-5-8-19)17-32(23(24)11-12-29-25)21-10-6-9-20(28)15-21/h6,9-12,15,17-19H,5,7-8,13-14,16H2,1-4H3/t18-/m0/s1. The third kappa shape index (κ3) is 4.24. The number of carbonyl (C=O) groups is 1. The first-order chi connectivity index (χ1) is 16.2. The number of nitrogens with zero attached hydrogens (tertiary/aromatic N) is 4. The topological polar surface area (TPSA) is 50.6 Å². The van der Waals surface area contributed by atoms with E-state index < -0.39 is 5.60 Å². The van der Waals surface area contributed by atoms with Crippen LogP contribution in [-0.4, -0.2) is 51.8 Å². The van der Waals surface area contributed by atoms with Crippen molar-refractivity contribution in [2.24, 2.45) is 0 Å². The van der Waals surface area contributed by atoms with Crippen molar-refractivity contribution in [3.8, 4) is 5.69 Å². The second kappa shape index (κ2) is 8.60. The monoisotopic (exact) mass is 464 g/mol. The Balaban J connectivity index is 1.51. The highest BCUT2D eigenvalue weighted by molar-refractivity contribution is 5.95. The molecule has 180 valence electrons. The van der Waals surface area contributed by atoms with Crippen molar-refractivity contribution < 1.29 is 13.9 Å². The van der Waals surface area contributed by atoms with E-state index in [1.54, 1.807) is 17.0 Å². The van der Waals surface area contributed by atoms with Gasteiger partial charge in [-0.1, -0.05) is 12.5 Å². The van der Waals surface area contributed by atoms with Gasteiger partial charge in [-0.25, -0.2) is 14.2 Å². The molecule has 1 amide bonds. The van der Waals surface area contributed by atoms with E-state index in [0.717, 1.165) is 22.4 Å². The van der Waals surface area contributed by atoms with Crippen LogP contribution in [0.4, 0.5) is 15.0 Å². The lowest BCUT2D eigenvalue weighted by atomic mass is 9.80. The highest BCUT2D eigenvalue weighted by Crippen LogP contribution is 2.44. The zero-order chi connectivity index (χ0) is 24.0. The Kier molecular flexibility index (Phi) is 5.74. The number of pyridine rings is 1. The number of hydrogen-bond acceptors (Lipinski definition) is 4. The summed E-state index contributed by atoms with van der Waals surface area (Å²) >= 11 is 0. The summed E-state index contributed by atoms with van der Waals surface area (Å²) in [6.45, 7) is 9.64. The molecule has 3 aromatic rings. The van der Waals surface area contributed by atoms with E-state index in [9.17, 15) is 9.18 Å². The molecule has 2 fully saturated rings. The van der Waals surface area contributed by atoms with Gasteiger partial charge in [0.15, 0.2) is 0 Å². The molecule has 1 saturated heterocycles. The number of ether oxygens (including phenoxy) is 1.